The lowest BCUT2D eigenvalue weighted by atomic mass is 10.2. The Morgan fingerprint density at radius 3 is 2.50 bits per heavy atom. The first-order valence-corrected chi connectivity index (χ1v) is 5.76. The zero-order valence-electron chi connectivity index (χ0n) is 11.5. The summed E-state index contributed by atoms with van der Waals surface area (Å²) in [7, 11) is 3.69. The van der Waals surface area contributed by atoms with Crippen LogP contribution >= 0.6 is 24.8 Å². The number of halogens is 2. The first-order chi connectivity index (χ1) is 7.56. The highest BCUT2D eigenvalue weighted by Crippen LogP contribution is 1.92. The van der Waals surface area contributed by atoms with Crippen molar-refractivity contribution in [2.75, 3.05) is 40.4 Å². The van der Waals surface area contributed by atoms with E-state index in [1.54, 1.807) is 7.11 Å². The van der Waals surface area contributed by atoms with Crippen molar-refractivity contribution in [1.29, 1.82) is 0 Å². The molecule has 0 bridgehead atoms. The van der Waals surface area contributed by atoms with Crippen LogP contribution < -0.4 is 11.1 Å². The molecule has 3 N–H and O–H groups in total. The highest BCUT2D eigenvalue weighted by molar-refractivity contribution is 5.85. The molecule has 1 amide bonds. The minimum Gasteiger partial charge on any atom is -0.383 e. The van der Waals surface area contributed by atoms with Crippen LogP contribution in [0.2, 0.25) is 0 Å². The predicted molar refractivity (Wildman–Crippen MR) is 79.8 cm³/mol. The monoisotopic (exact) mass is 303 g/mol. The van der Waals surface area contributed by atoms with Gasteiger partial charge in [-0.2, -0.15) is 0 Å². The molecule has 5 nitrogen and oxygen atoms in total. The topological polar surface area (TPSA) is 67.6 Å². The Labute approximate surface area is 123 Å². The molecular weight excluding hydrogens is 277 g/mol. The number of nitrogens with zero attached hydrogens (tertiary/aromatic N) is 1. The van der Waals surface area contributed by atoms with Crippen molar-refractivity contribution in [3.8, 4) is 0 Å². The van der Waals surface area contributed by atoms with Crippen molar-refractivity contribution >= 4 is 30.7 Å². The highest BCUT2D eigenvalue weighted by atomic mass is 35.5. The number of likely N-dealkylation sites (N-methyl/N-ethyl adjacent to an activating group) is 1. The number of methoxy groups -OCH3 is 1. The molecule has 1 atom stereocenters. The van der Waals surface area contributed by atoms with E-state index in [1.807, 2.05) is 14.0 Å². The van der Waals surface area contributed by atoms with E-state index in [9.17, 15) is 4.79 Å². The van der Waals surface area contributed by atoms with Crippen LogP contribution in [0.4, 0.5) is 0 Å². The molecule has 18 heavy (non-hydrogen) atoms. The first kappa shape index (κ1) is 23.1. The van der Waals surface area contributed by atoms with Gasteiger partial charge in [-0.25, -0.2) is 0 Å². The number of carbonyl (C=O) groups excluding carboxylic acids is 1. The number of carbonyl (C=O) groups is 1. The maximum atomic E-state index is 11.3. The molecule has 0 aromatic heterocycles. The smallest absolute Gasteiger partial charge is 0.220 e. The van der Waals surface area contributed by atoms with Crippen LogP contribution in [0.5, 0.6) is 0 Å². The van der Waals surface area contributed by atoms with Crippen molar-refractivity contribution < 1.29 is 9.53 Å². The van der Waals surface area contributed by atoms with Gasteiger partial charge < -0.3 is 20.7 Å². The van der Waals surface area contributed by atoms with E-state index >= 15 is 0 Å². The minimum atomic E-state index is 0. The molecule has 0 aliphatic rings. The van der Waals surface area contributed by atoms with E-state index in [2.05, 4.69) is 10.2 Å². The number of hydrogen-bond acceptors (Lipinski definition) is 4. The quantitative estimate of drug-likeness (QED) is 0.656. The highest BCUT2D eigenvalue weighted by Gasteiger charge is 2.03. The van der Waals surface area contributed by atoms with Gasteiger partial charge in [0.1, 0.15) is 0 Å². The summed E-state index contributed by atoms with van der Waals surface area (Å²) in [4.78, 5) is 13.5. The fraction of sp³-hybridized carbons (Fsp3) is 0.909. The Bertz CT molecular complexity index is 195. The Morgan fingerprint density at radius 1 is 1.39 bits per heavy atom. The molecule has 0 heterocycles. The van der Waals surface area contributed by atoms with Crippen LogP contribution in [-0.4, -0.2) is 57.2 Å². The van der Waals surface area contributed by atoms with E-state index in [1.165, 1.54) is 0 Å². The fourth-order valence-corrected chi connectivity index (χ4v) is 1.19. The maximum Gasteiger partial charge on any atom is 0.220 e. The van der Waals surface area contributed by atoms with Crippen LogP contribution in [0.3, 0.4) is 0 Å². The second kappa shape index (κ2) is 15.0. The lowest BCUT2D eigenvalue weighted by molar-refractivity contribution is -0.121. The van der Waals surface area contributed by atoms with E-state index in [4.69, 9.17) is 10.5 Å². The second-order valence-corrected chi connectivity index (χ2v) is 4.16. The van der Waals surface area contributed by atoms with Crippen LogP contribution in [0, 0.1) is 0 Å². The molecule has 0 aliphatic carbocycles. The summed E-state index contributed by atoms with van der Waals surface area (Å²) in [5.74, 6) is 0.0810. The number of nitrogens with one attached hydrogen (secondary N) is 1. The minimum absolute atomic E-state index is 0. The van der Waals surface area contributed by atoms with Crippen molar-refractivity contribution in [1.82, 2.24) is 10.2 Å². The van der Waals surface area contributed by atoms with E-state index in [-0.39, 0.29) is 36.8 Å². The van der Waals surface area contributed by atoms with Gasteiger partial charge in [0.05, 0.1) is 6.61 Å². The summed E-state index contributed by atoms with van der Waals surface area (Å²) in [5.41, 5.74) is 5.57. The third-order valence-corrected chi connectivity index (χ3v) is 2.32. The van der Waals surface area contributed by atoms with Gasteiger partial charge in [-0.15, -0.1) is 24.8 Å². The third-order valence-electron chi connectivity index (χ3n) is 2.32. The van der Waals surface area contributed by atoms with Gasteiger partial charge in [-0.05, 0) is 20.4 Å². The van der Waals surface area contributed by atoms with Crippen molar-refractivity contribution in [3.05, 3.63) is 0 Å². The molecule has 0 saturated heterocycles. The molecule has 0 aromatic carbocycles. The van der Waals surface area contributed by atoms with Crippen LogP contribution in [0.1, 0.15) is 19.8 Å². The summed E-state index contributed by atoms with van der Waals surface area (Å²) in [6.45, 7) is 5.03. The summed E-state index contributed by atoms with van der Waals surface area (Å²) >= 11 is 0. The van der Waals surface area contributed by atoms with Gasteiger partial charge in [-0.1, -0.05) is 0 Å². The molecule has 1 unspecified atom stereocenters. The number of nitrogens with two attached hydrogens (primary N) is 1. The number of amides is 1. The van der Waals surface area contributed by atoms with Gasteiger partial charge in [0.2, 0.25) is 5.91 Å². The molecule has 0 fully saturated rings. The summed E-state index contributed by atoms with van der Waals surface area (Å²) in [6.07, 6.45) is 1.25. The fourth-order valence-electron chi connectivity index (χ4n) is 1.19. The summed E-state index contributed by atoms with van der Waals surface area (Å²) < 4.78 is 4.96. The average molecular weight is 304 g/mol. The zero-order valence-corrected chi connectivity index (χ0v) is 13.1. The predicted octanol–water partition coefficient (Wildman–Crippen LogP) is 0.652. The Kier molecular flexibility index (Phi) is 19.2. The number of hydrogen-bond donors (Lipinski definition) is 2. The molecule has 0 radical (unpaired) electrons. The zero-order chi connectivity index (χ0) is 12.4. The lowest BCUT2D eigenvalue weighted by Gasteiger charge is -2.16. The van der Waals surface area contributed by atoms with Gasteiger partial charge in [0, 0.05) is 39.2 Å². The first-order valence-electron chi connectivity index (χ1n) is 5.76. The standard InChI is InChI=1S/C11H25N3O2.2ClH/c1-10(12)4-5-11(15)13-6-7-14(2)8-9-16-3;;/h10H,4-9,12H2,1-3H3,(H,13,15);2*1H. The van der Waals surface area contributed by atoms with E-state index in [0.29, 0.717) is 13.0 Å². The molecule has 112 valence electrons. The maximum absolute atomic E-state index is 11.3. The normalized spacial score (nSPS) is 11.4. The van der Waals surface area contributed by atoms with Gasteiger partial charge in [0.25, 0.3) is 0 Å². The average Bonchev–Trinajstić information content (AvgIpc) is 2.23. The largest absolute Gasteiger partial charge is 0.383 e. The van der Waals surface area contributed by atoms with Crippen molar-refractivity contribution in [2.45, 2.75) is 25.8 Å². The number of ether oxygens (including phenoxy) is 1. The molecule has 0 aromatic rings. The molecule has 0 aliphatic heterocycles. The van der Waals surface area contributed by atoms with Crippen molar-refractivity contribution in [3.63, 3.8) is 0 Å². The van der Waals surface area contributed by atoms with Gasteiger partial charge in [-0.3, -0.25) is 4.79 Å². The SMILES string of the molecule is COCCN(C)CCNC(=O)CCC(C)N.Cl.Cl. The second-order valence-electron chi connectivity index (χ2n) is 4.16. The molecule has 0 rings (SSSR count). The Balaban J connectivity index is -0.00000112. The summed E-state index contributed by atoms with van der Waals surface area (Å²) in [5, 5.41) is 2.87. The third kappa shape index (κ3) is 15.9. The van der Waals surface area contributed by atoms with E-state index in [0.717, 1.165) is 26.1 Å². The Hall–Kier alpha value is -0.0700. The van der Waals surface area contributed by atoms with E-state index < -0.39 is 0 Å². The Morgan fingerprint density at radius 2 is 2.00 bits per heavy atom. The molecule has 0 spiro atoms. The molecule has 7 heteroatoms. The molecule has 0 saturated carbocycles. The van der Waals surface area contributed by atoms with Crippen LogP contribution in [0.15, 0.2) is 0 Å². The van der Waals surface area contributed by atoms with Crippen molar-refractivity contribution in [2.24, 2.45) is 5.73 Å². The molecular formula is C11H27Cl2N3O2. The van der Waals surface area contributed by atoms with Crippen LogP contribution in [-0.2, 0) is 9.53 Å². The summed E-state index contributed by atoms with van der Waals surface area (Å²) in [6, 6.07) is 0.0927. The number of rotatable bonds is 9. The van der Waals surface area contributed by atoms with Gasteiger partial charge in [0.15, 0.2) is 0 Å². The van der Waals surface area contributed by atoms with Crippen LogP contribution in [0.25, 0.3) is 0 Å². The lowest BCUT2D eigenvalue weighted by Crippen LogP contribution is -2.34. The van der Waals surface area contributed by atoms with Gasteiger partial charge >= 0.3 is 0 Å².